The highest BCUT2D eigenvalue weighted by atomic mass is 35.5. The summed E-state index contributed by atoms with van der Waals surface area (Å²) in [5.74, 6) is -0.378. The number of likely N-dealkylation sites (N-methyl/N-ethyl adjacent to an activating group) is 1. The fourth-order valence-corrected chi connectivity index (χ4v) is 2.24. The lowest BCUT2D eigenvalue weighted by molar-refractivity contribution is -0.147. The van der Waals surface area contributed by atoms with Crippen LogP contribution in [0.2, 0.25) is 5.02 Å². The summed E-state index contributed by atoms with van der Waals surface area (Å²) in [6, 6.07) is 2.97. The van der Waals surface area contributed by atoms with Crippen molar-refractivity contribution in [2.24, 2.45) is 5.92 Å². The van der Waals surface area contributed by atoms with E-state index >= 15 is 0 Å². The van der Waals surface area contributed by atoms with Gasteiger partial charge in [-0.15, -0.1) is 0 Å². The van der Waals surface area contributed by atoms with Crippen LogP contribution in [0.5, 0.6) is 11.5 Å². The van der Waals surface area contributed by atoms with Gasteiger partial charge in [-0.1, -0.05) is 25.4 Å². The van der Waals surface area contributed by atoms with Gasteiger partial charge in [0.2, 0.25) is 0 Å². The summed E-state index contributed by atoms with van der Waals surface area (Å²) in [4.78, 5) is 25.1. The molecule has 0 saturated heterocycles. The maximum absolute atomic E-state index is 12.6. The molecule has 0 unspecified atom stereocenters. The van der Waals surface area contributed by atoms with Crippen LogP contribution in [-0.4, -0.2) is 48.2 Å². The molecule has 0 heterocycles. The third kappa shape index (κ3) is 5.01. The Hall–Kier alpha value is -1.95. The second kappa shape index (κ2) is 8.43. The van der Waals surface area contributed by atoms with Gasteiger partial charge in [0.1, 0.15) is 5.54 Å². The monoisotopic (exact) mass is 371 g/mol. The summed E-state index contributed by atoms with van der Waals surface area (Å²) in [7, 11) is 2.89. The van der Waals surface area contributed by atoms with E-state index in [1.54, 1.807) is 0 Å². The molecule has 0 aliphatic rings. The number of benzene rings is 1. The number of hydrogen-bond donors (Lipinski definition) is 1. The van der Waals surface area contributed by atoms with Crippen molar-refractivity contribution in [1.82, 2.24) is 4.90 Å². The molecule has 1 N–H and O–H groups in total. The molecule has 0 aromatic heterocycles. The molecule has 0 atom stereocenters. The van der Waals surface area contributed by atoms with Gasteiger partial charge in [0, 0.05) is 12.6 Å². The number of carbonyl (C=O) groups is 2. The largest absolute Gasteiger partial charge is 0.493 e. The van der Waals surface area contributed by atoms with Gasteiger partial charge in [-0.2, -0.15) is 0 Å². The lowest BCUT2D eigenvalue weighted by Crippen LogP contribution is -2.50. The lowest BCUT2D eigenvalue weighted by atomic mass is 10.0. The Morgan fingerprint density at radius 1 is 1.32 bits per heavy atom. The highest BCUT2D eigenvalue weighted by Crippen LogP contribution is 2.37. The SMILES string of the molecule is COc1cc(C(=O)N(C)C(C)(C)C(=O)O)cc(Cl)c1OCCC(C)C. The zero-order valence-electron chi connectivity index (χ0n) is 15.6. The lowest BCUT2D eigenvalue weighted by Gasteiger charge is -2.31. The first-order valence-electron chi connectivity index (χ1n) is 8.04. The fourth-order valence-electron chi connectivity index (χ4n) is 1.97. The van der Waals surface area contributed by atoms with Gasteiger partial charge in [-0.3, -0.25) is 4.79 Å². The van der Waals surface area contributed by atoms with Crippen LogP contribution < -0.4 is 9.47 Å². The number of carbonyl (C=O) groups excluding carboxylic acids is 1. The number of nitrogens with zero attached hydrogens (tertiary/aromatic N) is 1. The third-order valence-electron chi connectivity index (χ3n) is 4.08. The number of carboxylic acids is 1. The Bertz CT molecular complexity index is 643. The van der Waals surface area contributed by atoms with Crippen LogP contribution in [0.4, 0.5) is 0 Å². The molecule has 0 aliphatic carbocycles. The van der Waals surface area contributed by atoms with Gasteiger partial charge in [0.25, 0.3) is 5.91 Å². The van der Waals surface area contributed by atoms with Crippen LogP contribution in [0.15, 0.2) is 12.1 Å². The number of amides is 1. The molecule has 0 spiro atoms. The molecule has 1 aromatic carbocycles. The minimum atomic E-state index is -1.36. The average Bonchev–Trinajstić information content (AvgIpc) is 2.53. The van der Waals surface area contributed by atoms with Gasteiger partial charge >= 0.3 is 5.97 Å². The minimum absolute atomic E-state index is 0.231. The van der Waals surface area contributed by atoms with E-state index in [9.17, 15) is 14.7 Å². The molecule has 0 bridgehead atoms. The summed E-state index contributed by atoms with van der Waals surface area (Å²) in [5, 5.41) is 9.53. The Labute approximate surface area is 153 Å². The van der Waals surface area contributed by atoms with E-state index in [1.807, 2.05) is 0 Å². The quantitative estimate of drug-likeness (QED) is 0.753. The Morgan fingerprint density at radius 2 is 1.92 bits per heavy atom. The molecule has 0 aliphatic heterocycles. The van der Waals surface area contributed by atoms with E-state index in [1.165, 1.54) is 40.1 Å². The normalized spacial score (nSPS) is 11.4. The van der Waals surface area contributed by atoms with E-state index in [0.29, 0.717) is 24.0 Å². The second-order valence-electron chi connectivity index (χ2n) is 6.75. The minimum Gasteiger partial charge on any atom is -0.493 e. The van der Waals surface area contributed by atoms with Crippen LogP contribution >= 0.6 is 11.6 Å². The fraction of sp³-hybridized carbons (Fsp3) is 0.556. The number of rotatable bonds is 8. The number of hydrogen-bond acceptors (Lipinski definition) is 4. The molecule has 7 heteroatoms. The van der Waals surface area contributed by atoms with Crippen molar-refractivity contribution in [1.29, 1.82) is 0 Å². The first-order chi connectivity index (χ1) is 11.5. The van der Waals surface area contributed by atoms with Crippen molar-refractivity contribution in [3.05, 3.63) is 22.7 Å². The molecule has 1 rings (SSSR count). The van der Waals surface area contributed by atoms with Gasteiger partial charge in [-0.05, 0) is 38.3 Å². The second-order valence-corrected chi connectivity index (χ2v) is 7.16. The van der Waals surface area contributed by atoms with Crippen molar-refractivity contribution in [2.45, 2.75) is 39.7 Å². The first kappa shape index (κ1) is 21.1. The number of aliphatic carboxylic acids is 1. The van der Waals surface area contributed by atoms with Crippen LogP contribution in [0.25, 0.3) is 0 Å². The summed E-state index contributed by atoms with van der Waals surface area (Å²) in [6.07, 6.45) is 0.857. The van der Waals surface area contributed by atoms with Crippen molar-refractivity contribution < 1.29 is 24.2 Å². The van der Waals surface area contributed by atoms with E-state index in [2.05, 4.69) is 13.8 Å². The van der Waals surface area contributed by atoms with E-state index < -0.39 is 17.4 Å². The maximum Gasteiger partial charge on any atom is 0.329 e. The highest BCUT2D eigenvalue weighted by Gasteiger charge is 2.36. The van der Waals surface area contributed by atoms with Gasteiger partial charge in [0.15, 0.2) is 11.5 Å². The maximum atomic E-state index is 12.6. The van der Waals surface area contributed by atoms with Crippen LogP contribution in [0.1, 0.15) is 44.5 Å². The zero-order chi connectivity index (χ0) is 19.4. The number of carboxylic acid groups (broad SMARTS) is 1. The van der Waals surface area contributed by atoms with Crippen LogP contribution in [0.3, 0.4) is 0 Å². The topological polar surface area (TPSA) is 76.1 Å². The average molecular weight is 372 g/mol. The van der Waals surface area contributed by atoms with E-state index in [0.717, 1.165) is 11.3 Å². The summed E-state index contributed by atoms with van der Waals surface area (Å²) in [6.45, 7) is 7.56. The summed E-state index contributed by atoms with van der Waals surface area (Å²) < 4.78 is 11.0. The zero-order valence-corrected chi connectivity index (χ0v) is 16.3. The number of methoxy groups -OCH3 is 1. The van der Waals surface area contributed by atoms with Gasteiger partial charge in [0.05, 0.1) is 18.7 Å². The standard InChI is InChI=1S/C18H26ClNO5/c1-11(2)7-8-25-15-13(19)9-12(10-14(15)24-6)16(21)20(5)18(3,4)17(22)23/h9-11H,7-8H2,1-6H3,(H,22,23). The van der Waals surface area contributed by atoms with E-state index in [4.69, 9.17) is 21.1 Å². The van der Waals surface area contributed by atoms with Crippen LogP contribution in [-0.2, 0) is 4.79 Å². The third-order valence-corrected chi connectivity index (χ3v) is 4.37. The molecular weight excluding hydrogens is 346 g/mol. The van der Waals surface area contributed by atoms with Crippen molar-refractivity contribution in [2.75, 3.05) is 20.8 Å². The molecular formula is C18H26ClNO5. The molecule has 0 radical (unpaired) electrons. The Balaban J connectivity index is 3.12. The molecule has 0 fully saturated rings. The van der Waals surface area contributed by atoms with Crippen molar-refractivity contribution >= 4 is 23.5 Å². The van der Waals surface area contributed by atoms with Gasteiger partial charge in [-0.25, -0.2) is 4.79 Å². The molecule has 6 nitrogen and oxygen atoms in total. The van der Waals surface area contributed by atoms with Crippen LogP contribution in [0, 0.1) is 5.92 Å². The van der Waals surface area contributed by atoms with Crippen molar-refractivity contribution in [3.8, 4) is 11.5 Å². The summed E-state index contributed by atoms with van der Waals surface area (Å²) >= 11 is 6.26. The predicted molar refractivity (Wildman–Crippen MR) is 96.8 cm³/mol. The number of ether oxygens (including phenoxy) is 2. The molecule has 140 valence electrons. The van der Waals surface area contributed by atoms with Gasteiger partial charge < -0.3 is 19.5 Å². The molecule has 1 amide bonds. The smallest absolute Gasteiger partial charge is 0.329 e. The highest BCUT2D eigenvalue weighted by molar-refractivity contribution is 6.32. The Kier molecular flexibility index (Phi) is 7.11. The number of halogens is 1. The molecule has 1 aromatic rings. The predicted octanol–water partition coefficient (Wildman–Crippen LogP) is 3.71. The summed E-state index contributed by atoms with van der Waals surface area (Å²) in [5.41, 5.74) is -1.13. The van der Waals surface area contributed by atoms with E-state index in [-0.39, 0.29) is 10.6 Å². The first-order valence-corrected chi connectivity index (χ1v) is 8.42. The van der Waals surface area contributed by atoms with Crippen molar-refractivity contribution in [3.63, 3.8) is 0 Å². The molecule has 25 heavy (non-hydrogen) atoms. The molecule has 0 saturated carbocycles. The Morgan fingerprint density at radius 3 is 2.40 bits per heavy atom.